The fraction of sp³-hybridized carbons (Fsp3) is 0.137. The van der Waals surface area contributed by atoms with E-state index in [1.807, 2.05) is 61.2 Å². The first kappa shape index (κ1) is 43.3. The Bertz CT molecular complexity index is 2720. The zero-order chi connectivity index (χ0) is 41.6. The molecule has 4 N–H and O–H groups in total. The number of fused-ring (bicyclic) bond motifs is 6. The molecule has 0 aliphatic rings. The van der Waals surface area contributed by atoms with Crippen molar-refractivity contribution in [1.82, 2.24) is 39.9 Å². The number of benzene rings is 2. The van der Waals surface area contributed by atoms with Crippen molar-refractivity contribution >= 4 is 43.6 Å². The quantitative estimate of drug-likeness (QED) is 0.0802. The van der Waals surface area contributed by atoms with Crippen molar-refractivity contribution in [2.24, 2.45) is 0 Å². The molecule has 8 heterocycles. The Kier molecular flexibility index (Phi) is 15.1. The topological polar surface area (TPSA) is 136 Å². The first-order valence-corrected chi connectivity index (χ1v) is 20.6. The average Bonchev–Trinajstić information content (AvgIpc) is 3.32. The third kappa shape index (κ3) is 11.3. The van der Waals surface area contributed by atoms with Crippen molar-refractivity contribution in [2.45, 2.75) is 33.4 Å². The number of rotatable bonds is 10. The van der Waals surface area contributed by atoms with Crippen LogP contribution in [0.3, 0.4) is 0 Å². The van der Waals surface area contributed by atoms with E-state index in [1.165, 1.54) is 22.3 Å². The summed E-state index contributed by atoms with van der Waals surface area (Å²) in [5.74, 6) is 0. The molecule has 0 spiro atoms. The van der Waals surface area contributed by atoms with Gasteiger partial charge in [-0.3, -0.25) is 39.9 Å². The van der Waals surface area contributed by atoms with Crippen LogP contribution in [0, 0.1) is 13.8 Å². The van der Waals surface area contributed by atoms with Crippen LogP contribution < -0.4 is 10.6 Å². The maximum atomic E-state index is 4.49. The Balaban J connectivity index is 0.000000162. The van der Waals surface area contributed by atoms with E-state index in [0.29, 0.717) is 0 Å². The standard InChI is InChI=1S/C27H30N6.2C12H8N2.Ru/c1-20-4-10-30-24(14-20)26-16-22(6-12-32-26)18-28-8-3-9-29-19-23-7-13-33-27(17-23)25-15-21(2)5-11-31-25;2*1-3-9-5-6-10-4-2-8-14-12(10)11(9)13-7-1;/h4-7,10-17,28-29H,3,8-9,18-19H2,1-2H3;2*1-8H;/p+2. The average molecular weight is 902 g/mol. The molecule has 0 saturated carbocycles. The second-order valence-corrected chi connectivity index (χ2v) is 14.9. The summed E-state index contributed by atoms with van der Waals surface area (Å²) in [6, 6.07) is 40.9. The van der Waals surface area contributed by atoms with Gasteiger partial charge < -0.3 is 10.6 Å². The molecule has 308 valence electrons. The van der Waals surface area contributed by atoms with Gasteiger partial charge >= 0.3 is 0 Å². The van der Waals surface area contributed by atoms with Gasteiger partial charge in [-0.25, -0.2) is 0 Å². The first-order chi connectivity index (χ1) is 30.1. The molecule has 0 atom stereocenters. The molecule has 0 fully saturated rings. The van der Waals surface area contributed by atoms with Gasteiger partial charge in [-0.15, -0.1) is 0 Å². The van der Waals surface area contributed by atoms with Gasteiger partial charge in [-0.2, -0.15) is 0 Å². The molecular weight excluding hydrogens is 854 g/mol. The Morgan fingerprint density at radius 1 is 0.355 bits per heavy atom. The van der Waals surface area contributed by atoms with Crippen molar-refractivity contribution in [2.75, 3.05) is 13.1 Å². The van der Waals surface area contributed by atoms with Gasteiger partial charge in [0.1, 0.15) is 13.1 Å². The normalized spacial score (nSPS) is 10.7. The van der Waals surface area contributed by atoms with E-state index in [-0.39, 0.29) is 19.5 Å². The molecule has 0 unspecified atom stereocenters. The molecule has 0 saturated heterocycles. The number of aromatic nitrogens is 8. The zero-order valence-corrected chi connectivity index (χ0v) is 36.5. The fourth-order valence-corrected chi connectivity index (χ4v) is 7.14. The summed E-state index contributed by atoms with van der Waals surface area (Å²) in [4.78, 5) is 35.3. The van der Waals surface area contributed by atoms with Crippen molar-refractivity contribution in [3.8, 4) is 22.8 Å². The van der Waals surface area contributed by atoms with E-state index in [2.05, 4.69) is 149 Å². The van der Waals surface area contributed by atoms with E-state index in [0.717, 1.165) is 99.0 Å². The number of nitrogens with zero attached hydrogens (tertiary/aromatic N) is 8. The Morgan fingerprint density at radius 2 is 0.677 bits per heavy atom. The first-order valence-electron chi connectivity index (χ1n) is 20.6. The minimum atomic E-state index is 0. The van der Waals surface area contributed by atoms with Crippen LogP contribution >= 0.6 is 0 Å². The van der Waals surface area contributed by atoms with Crippen LogP contribution in [0.5, 0.6) is 0 Å². The molecule has 0 bridgehead atoms. The van der Waals surface area contributed by atoms with Gasteiger partial charge in [0.2, 0.25) is 0 Å². The Morgan fingerprint density at radius 3 is 1.02 bits per heavy atom. The minimum absolute atomic E-state index is 0. The maximum Gasteiger partial charge on any atom is 0.101 e. The molecule has 11 heteroatoms. The molecule has 10 aromatic rings. The SMILES string of the molecule is Cc1ccnc(-c2cc(C[NH2+]CCC[NH2+]Cc3ccnc(-c4cc(C)ccn4)c3)ccn2)c1.[Ru].c1cnc2c(c1)ccc1cccnc12.c1cnc2c(c1)ccc1cccnc12. The number of hydrogen-bond acceptors (Lipinski definition) is 8. The summed E-state index contributed by atoms with van der Waals surface area (Å²) in [6.07, 6.45) is 15.8. The maximum absolute atomic E-state index is 4.49. The van der Waals surface area contributed by atoms with Crippen LogP contribution in [-0.4, -0.2) is 53.0 Å². The molecule has 62 heavy (non-hydrogen) atoms. The second-order valence-electron chi connectivity index (χ2n) is 14.9. The fourth-order valence-electron chi connectivity index (χ4n) is 7.14. The smallest absolute Gasteiger partial charge is 0.101 e. The monoisotopic (exact) mass is 902 g/mol. The summed E-state index contributed by atoms with van der Waals surface area (Å²) in [5.41, 5.74) is 12.6. The minimum Gasteiger partial charge on any atom is -0.342 e. The summed E-state index contributed by atoms with van der Waals surface area (Å²) in [7, 11) is 0. The second kappa shape index (κ2) is 21.7. The number of nitrogens with two attached hydrogens (primary N) is 2. The largest absolute Gasteiger partial charge is 0.342 e. The number of aryl methyl sites for hydroxylation is 2. The Hall–Kier alpha value is -6.78. The third-order valence-corrected chi connectivity index (χ3v) is 10.3. The van der Waals surface area contributed by atoms with Gasteiger partial charge in [0, 0.05) is 108 Å². The van der Waals surface area contributed by atoms with Gasteiger partial charge in [0.05, 0.1) is 57.9 Å². The Labute approximate surface area is 374 Å². The van der Waals surface area contributed by atoms with E-state index in [9.17, 15) is 0 Å². The van der Waals surface area contributed by atoms with Crippen molar-refractivity contribution in [3.05, 3.63) is 193 Å². The predicted octanol–water partition coefficient (Wildman–Crippen LogP) is 8.00. The van der Waals surface area contributed by atoms with E-state index >= 15 is 0 Å². The van der Waals surface area contributed by atoms with Gasteiger partial charge in [0.25, 0.3) is 0 Å². The summed E-state index contributed by atoms with van der Waals surface area (Å²) in [5, 5.41) is 9.28. The van der Waals surface area contributed by atoms with Crippen LogP contribution in [0.4, 0.5) is 0 Å². The van der Waals surface area contributed by atoms with E-state index in [4.69, 9.17) is 0 Å². The molecule has 0 aliphatic carbocycles. The summed E-state index contributed by atoms with van der Waals surface area (Å²) in [6.45, 7) is 8.28. The van der Waals surface area contributed by atoms with Crippen molar-refractivity contribution < 1.29 is 30.1 Å². The van der Waals surface area contributed by atoms with Crippen LogP contribution in [0.15, 0.2) is 171 Å². The van der Waals surface area contributed by atoms with Crippen LogP contribution in [0.1, 0.15) is 28.7 Å². The van der Waals surface area contributed by atoms with Gasteiger partial charge in [-0.1, -0.05) is 48.5 Å². The zero-order valence-electron chi connectivity index (χ0n) is 34.8. The molecule has 8 aromatic heterocycles. The van der Waals surface area contributed by atoms with Crippen molar-refractivity contribution in [1.29, 1.82) is 0 Å². The van der Waals surface area contributed by atoms with E-state index < -0.39 is 0 Å². The van der Waals surface area contributed by atoms with Crippen LogP contribution in [-0.2, 0) is 32.6 Å². The van der Waals surface area contributed by atoms with Crippen LogP contribution in [0.25, 0.3) is 66.4 Å². The summed E-state index contributed by atoms with van der Waals surface area (Å²) >= 11 is 0. The van der Waals surface area contributed by atoms with E-state index in [1.54, 1.807) is 24.8 Å². The third-order valence-electron chi connectivity index (χ3n) is 10.3. The van der Waals surface area contributed by atoms with Crippen molar-refractivity contribution in [3.63, 3.8) is 0 Å². The molecule has 10 rings (SSSR count). The van der Waals surface area contributed by atoms with Gasteiger partial charge in [0.15, 0.2) is 0 Å². The van der Waals surface area contributed by atoms with Crippen LogP contribution in [0.2, 0.25) is 0 Å². The molecule has 2 aromatic carbocycles. The summed E-state index contributed by atoms with van der Waals surface area (Å²) < 4.78 is 0. The number of pyridine rings is 8. The predicted molar refractivity (Wildman–Crippen MR) is 244 cm³/mol. The number of quaternary nitrogens is 2. The molecule has 0 aliphatic heterocycles. The molecular formula is C51H48N10Ru+2. The molecule has 0 amide bonds. The molecule has 0 radical (unpaired) electrons. The van der Waals surface area contributed by atoms with Gasteiger partial charge in [-0.05, 0) is 97.8 Å². The molecule has 10 nitrogen and oxygen atoms in total. The number of hydrogen-bond donors (Lipinski definition) is 2.